The molecular formula is C16H18N2O. The number of methoxy groups -OCH3 is 1. The van der Waals surface area contributed by atoms with E-state index in [0.29, 0.717) is 0 Å². The molecule has 3 nitrogen and oxygen atoms in total. The van der Waals surface area contributed by atoms with Crippen molar-refractivity contribution in [1.82, 2.24) is 0 Å². The Balaban J connectivity index is 2.11. The first-order chi connectivity index (χ1) is 9.20. The quantitative estimate of drug-likeness (QED) is 0.595. The maximum Gasteiger partial charge on any atom is 0.118 e. The number of allylic oxidation sites excluding steroid dienone is 4. The van der Waals surface area contributed by atoms with Crippen LogP contribution in [0.3, 0.4) is 0 Å². The number of benzene rings is 1. The van der Waals surface area contributed by atoms with E-state index in [0.717, 1.165) is 29.2 Å². The molecule has 0 heterocycles. The molecule has 1 aromatic carbocycles. The van der Waals surface area contributed by atoms with Gasteiger partial charge in [-0.1, -0.05) is 18.2 Å². The fraction of sp³-hybridized carbons (Fsp3) is 0.250. The SMILES string of the molecule is COc1ccc(/C(C)=N/N=C(\C)C2=CC=CC2)cc1. The molecule has 0 atom stereocenters. The highest BCUT2D eigenvalue weighted by molar-refractivity contribution is 6.02. The Morgan fingerprint density at radius 3 is 2.32 bits per heavy atom. The van der Waals surface area contributed by atoms with E-state index < -0.39 is 0 Å². The van der Waals surface area contributed by atoms with Crippen molar-refractivity contribution in [2.45, 2.75) is 20.3 Å². The maximum absolute atomic E-state index is 5.13. The molecule has 1 aliphatic rings. The molecule has 0 N–H and O–H groups in total. The van der Waals surface area contributed by atoms with E-state index >= 15 is 0 Å². The van der Waals surface area contributed by atoms with Crippen molar-refractivity contribution < 1.29 is 4.74 Å². The second-order valence-corrected chi connectivity index (χ2v) is 4.42. The Morgan fingerprint density at radius 2 is 1.74 bits per heavy atom. The highest BCUT2D eigenvalue weighted by atomic mass is 16.5. The Morgan fingerprint density at radius 1 is 1.05 bits per heavy atom. The van der Waals surface area contributed by atoms with Gasteiger partial charge in [0.25, 0.3) is 0 Å². The average Bonchev–Trinajstić information content (AvgIpc) is 2.98. The van der Waals surface area contributed by atoms with Gasteiger partial charge in [0.1, 0.15) is 5.75 Å². The number of hydrogen-bond acceptors (Lipinski definition) is 3. The van der Waals surface area contributed by atoms with Gasteiger partial charge in [0.2, 0.25) is 0 Å². The molecule has 1 aliphatic carbocycles. The van der Waals surface area contributed by atoms with Crippen LogP contribution in [0.5, 0.6) is 5.75 Å². The second kappa shape index (κ2) is 6.14. The van der Waals surface area contributed by atoms with Gasteiger partial charge in [-0.2, -0.15) is 10.2 Å². The summed E-state index contributed by atoms with van der Waals surface area (Å²) in [4.78, 5) is 0. The molecule has 0 saturated carbocycles. The van der Waals surface area contributed by atoms with Crippen molar-refractivity contribution in [3.63, 3.8) is 0 Å². The summed E-state index contributed by atoms with van der Waals surface area (Å²) >= 11 is 0. The van der Waals surface area contributed by atoms with Crippen LogP contribution < -0.4 is 4.74 Å². The third-order valence-corrected chi connectivity index (χ3v) is 3.09. The van der Waals surface area contributed by atoms with Crippen LogP contribution in [0.15, 0.2) is 58.3 Å². The summed E-state index contributed by atoms with van der Waals surface area (Å²) in [6.45, 7) is 3.95. The normalized spacial score (nSPS) is 15.6. The van der Waals surface area contributed by atoms with Gasteiger partial charge in [-0.25, -0.2) is 0 Å². The van der Waals surface area contributed by atoms with E-state index in [9.17, 15) is 0 Å². The average molecular weight is 254 g/mol. The van der Waals surface area contributed by atoms with E-state index in [4.69, 9.17) is 4.74 Å². The lowest BCUT2D eigenvalue weighted by Gasteiger charge is -2.02. The van der Waals surface area contributed by atoms with Crippen molar-refractivity contribution in [3.05, 3.63) is 53.6 Å². The molecule has 98 valence electrons. The van der Waals surface area contributed by atoms with Crippen molar-refractivity contribution in [1.29, 1.82) is 0 Å². The van der Waals surface area contributed by atoms with Crippen LogP contribution in [0.2, 0.25) is 0 Å². The summed E-state index contributed by atoms with van der Waals surface area (Å²) in [6, 6.07) is 7.82. The number of nitrogens with zero attached hydrogens (tertiary/aromatic N) is 2. The van der Waals surface area contributed by atoms with Crippen LogP contribution >= 0.6 is 0 Å². The monoisotopic (exact) mass is 254 g/mol. The summed E-state index contributed by atoms with van der Waals surface area (Å²) in [5.41, 5.74) is 4.15. The smallest absolute Gasteiger partial charge is 0.118 e. The fourth-order valence-corrected chi connectivity index (χ4v) is 1.82. The van der Waals surface area contributed by atoms with E-state index in [1.54, 1.807) is 7.11 Å². The minimum absolute atomic E-state index is 0.846. The van der Waals surface area contributed by atoms with E-state index in [1.807, 2.05) is 44.2 Å². The highest BCUT2D eigenvalue weighted by Gasteiger charge is 2.03. The third-order valence-electron chi connectivity index (χ3n) is 3.09. The predicted octanol–water partition coefficient (Wildman–Crippen LogP) is 3.77. The zero-order chi connectivity index (χ0) is 13.7. The summed E-state index contributed by atoms with van der Waals surface area (Å²) in [5, 5.41) is 8.58. The highest BCUT2D eigenvalue weighted by Crippen LogP contribution is 2.14. The summed E-state index contributed by atoms with van der Waals surface area (Å²) in [5.74, 6) is 0.846. The molecule has 0 amide bonds. The molecule has 2 rings (SSSR count). The molecule has 0 saturated heterocycles. The maximum atomic E-state index is 5.13. The number of ether oxygens (including phenoxy) is 1. The van der Waals surface area contributed by atoms with Crippen molar-refractivity contribution in [2.75, 3.05) is 7.11 Å². The molecule has 0 radical (unpaired) electrons. The van der Waals surface area contributed by atoms with Crippen molar-refractivity contribution >= 4 is 11.4 Å². The predicted molar refractivity (Wildman–Crippen MR) is 80.2 cm³/mol. The van der Waals surface area contributed by atoms with Gasteiger partial charge >= 0.3 is 0 Å². The molecule has 0 fully saturated rings. The van der Waals surface area contributed by atoms with E-state index in [2.05, 4.69) is 22.4 Å². The molecule has 3 heteroatoms. The molecular weight excluding hydrogens is 236 g/mol. The van der Waals surface area contributed by atoms with Gasteiger partial charge in [-0.3, -0.25) is 0 Å². The topological polar surface area (TPSA) is 34.0 Å². The molecule has 0 spiro atoms. The Bertz CT molecular complexity index is 563. The summed E-state index contributed by atoms with van der Waals surface area (Å²) in [7, 11) is 1.66. The van der Waals surface area contributed by atoms with Gasteiger partial charge < -0.3 is 4.74 Å². The van der Waals surface area contributed by atoms with Crippen LogP contribution in [0.25, 0.3) is 0 Å². The largest absolute Gasteiger partial charge is 0.497 e. The Labute approximate surface area is 114 Å². The van der Waals surface area contributed by atoms with E-state index in [1.165, 1.54) is 5.57 Å². The fourth-order valence-electron chi connectivity index (χ4n) is 1.82. The van der Waals surface area contributed by atoms with Crippen LogP contribution in [0.4, 0.5) is 0 Å². The standard InChI is InChI=1S/C16H18N2O/c1-12(14-6-4-5-7-14)17-18-13(2)15-8-10-16(19-3)11-9-15/h4-6,8-11H,7H2,1-3H3/b17-12+,18-13+. The molecule has 0 aromatic heterocycles. The second-order valence-electron chi connectivity index (χ2n) is 4.42. The molecule has 0 aliphatic heterocycles. The van der Waals surface area contributed by atoms with Gasteiger partial charge in [-0.05, 0) is 55.7 Å². The van der Waals surface area contributed by atoms with Gasteiger partial charge in [0.05, 0.1) is 18.5 Å². The van der Waals surface area contributed by atoms with Gasteiger partial charge in [0.15, 0.2) is 0 Å². The Kier molecular flexibility index (Phi) is 4.29. The zero-order valence-electron chi connectivity index (χ0n) is 11.6. The molecule has 0 bridgehead atoms. The van der Waals surface area contributed by atoms with Crippen LogP contribution in [-0.2, 0) is 0 Å². The van der Waals surface area contributed by atoms with Crippen molar-refractivity contribution in [2.24, 2.45) is 10.2 Å². The van der Waals surface area contributed by atoms with Crippen LogP contribution in [-0.4, -0.2) is 18.5 Å². The first-order valence-corrected chi connectivity index (χ1v) is 6.30. The minimum Gasteiger partial charge on any atom is -0.497 e. The lowest BCUT2D eigenvalue weighted by molar-refractivity contribution is 0.415. The van der Waals surface area contributed by atoms with Crippen LogP contribution in [0.1, 0.15) is 25.8 Å². The van der Waals surface area contributed by atoms with Crippen LogP contribution in [0, 0.1) is 0 Å². The zero-order valence-corrected chi connectivity index (χ0v) is 11.6. The number of hydrogen-bond donors (Lipinski definition) is 0. The first-order valence-electron chi connectivity index (χ1n) is 6.30. The Hall–Kier alpha value is -2.16. The lowest BCUT2D eigenvalue weighted by Crippen LogP contribution is -1.97. The number of rotatable bonds is 4. The van der Waals surface area contributed by atoms with E-state index in [-0.39, 0.29) is 0 Å². The lowest BCUT2D eigenvalue weighted by atomic mass is 10.1. The molecule has 19 heavy (non-hydrogen) atoms. The van der Waals surface area contributed by atoms with Gasteiger partial charge in [-0.15, -0.1) is 0 Å². The third kappa shape index (κ3) is 3.41. The molecule has 1 aromatic rings. The summed E-state index contributed by atoms with van der Waals surface area (Å²) < 4.78 is 5.13. The summed E-state index contributed by atoms with van der Waals surface area (Å²) in [6.07, 6.45) is 7.20. The molecule has 0 unspecified atom stereocenters. The van der Waals surface area contributed by atoms with Gasteiger partial charge in [0, 0.05) is 0 Å². The van der Waals surface area contributed by atoms with Crippen molar-refractivity contribution in [3.8, 4) is 5.75 Å². The first kappa shape index (κ1) is 13.3. The minimum atomic E-state index is 0.846.